The smallest absolute Gasteiger partial charge is 0.0244 e. The van der Waals surface area contributed by atoms with Gasteiger partial charge in [0.25, 0.3) is 0 Å². The third-order valence-electron chi connectivity index (χ3n) is 3.68. The Morgan fingerprint density at radius 3 is 2.61 bits per heavy atom. The molecule has 3 heteroatoms. The maximum absolute atomic E-state index is 5.51. The van der Waals surface area contributed by atoms with Crippen molar-refractivity contribution < 1.29 is 0 Å². The Hall–Kier alpha value is -0.380. The highest BCUT2D eigenvalue weighted by atomic mass is 32.1. The highest BCUT2D eigenvalue weighted by Crippen LogP contribution is 2.29. The van der Waals surface area contributed by atoms with Crippen molar-refractivity contribution >= 4 is 11.3 Å². The fourth-order valence-electron chi connectivity index (χ4n) is 2.44. The molecule has 1 aliphatic carbocycles. The molecule has 0 aromatic carbocycles. The van der Waals surface area contributed by atoms with Gasteiger partial charge in [0.05, 0.1) is 0 Å². The van der Waals surface area contributed by atoms with Crippen molar-refractivity contribution in [3.05, 3.63) is 22.4 Å². The van der Waals surface area contributed by atoms with E-state index in [1.165, 1.54) is 57.1 Å². The van der Waals surface area contributed by atoms with Gasteiger partial charge in [-0.3, -0.25) is 4.90 Å². The van der Waals surface area contributed by atoms with Crippen LogP contribution in [-0.2, 0) is 6.54 Å². The SMILES string of the molecule is NCCCCCCCN(Cc1ccsc1)C1CC1. The Balaban J connectivity index is 1.61. The fourth-order valence-corrected chi connectivity index (χ4v) is 3.10. The van der Waals surface area contributed by atoms with Crippen molar-refractivity contribution in [2.75, 3.05) is 13.1 Å². The van der Waals surface area contributed by atoms with Gasteiger partial charge in [0.1, 0.15) is 0 Å². The van der Waals surface area contributed by atoms with Crippen LogP contribution in [0.25, 0.3) is 0 Å². The number of nitrogens with two attached hydrogens (primary N) is 1. The molecule has 0 aliphatic heterocycles. The van der Waals surface area contributed by atoms with E-state index in [9.17, 15) is 0 Å². The van der Waals surface area contributed by atoms with Gasteiger partial charge in [0.2, 0.25) is 0 Å². The molecule has 102 valence electrons. The fraction of sp³-hybridized carbons (Fsp3) is 0.733. The summed E-state index contributed by atoms with van der Waals surface area (Å²) in [5.74, 6) is 0. The first-order valence-corrected chi connectivity index (χ1v) is 8.29. The maximum Gasteiger partial charge on any atom is 0.0244 e. The van der Waals surface area contributed by atoms with Crippen LogP contribution >= 0.6 is 11.3 Å². The Morgan fingerprint density at radius 1 is 1.17 bits per heavy atom. The molecule has 18 heavy (non-hydrogen) atoms. The Bertz CT molecular complexity index is 306. The summed E-state index contributed by atoms with van der Waals surface area (Å²) in [7, 11) is 0. The second-order valence-corrected chi connectivity index (χ2v) is 6.17. The van der Waals surface area contributed by atoms with Crippen molar-refractivity contribution in [2.45, 2.75) is 57.5 Å². The van der Waals surface area contributed by atoms with E-state index in [0.29, 0.717) is 0 Å². The minimum absolute atomic E-state index is 0.854. The van der Waals surface area contributed by atoms with Crippen molar-refractivity contribution in [3.8, 4) is 0 Å². The highest BCUT2D eigenvalue weighted by molar-refractivity contribution is 7.07. The van der Waals surface area contributed by atoms with Crippen LogP contribution in [0, 0.1) is 0 Å². The summed E-state index contributed by atoms with van der Waals surface area (Å²) < 4.78 is 0. The molecule has 1 heterocycles. The summed E-state index contributed by atoms with van der Waals surface area (Å²) in [6.07, 6.45) is 9.41. The number of nitrogens with zero attached hydrogens (tertiary/aromatic N) is 1. The quantitative estimate of drug-likeness (QED) is 0.655. The van der Waals surface area contributed by atoms with Gasteiger partial charge in [0, 0.05) is 12.6 Å². The third-order valence-corrected chi connectivity index (χ3v) is 4.41. The molecule has 1 fully saturated rings. The molecule has 1 saturated carbocycles. The number of unbranched alkanes of at least 4 members (excludes halogenated alkanes) is 4. The second kappa shape index (κ2) is 7.93. The molecule has 1 aromatic rings. The van der Waals surface area contributed by atoms with Crippen LogP contribution in [0.15, 0.2) is 16.8 Å². The highest BCUT2D eigenvalue weighted by Gasteiger charge is 2.28. The zero-order chi connectivity index (χ0) is 12.6. The Kier molecular flexibility index (Phi) is 6.18. The van der Waals surface area contributed by atoms with E-state index in [0.717, 1.165) is 19.1 Å². The molecule has 1 aromatic heterocycles. The molecule has 0 spiro atoms. The molecule has 0 unspecified atom stereocenters. The number of hydrogen-bond acceptors (Lipinski definition) is 3. The average Bonchev–Trinajstić information content (AvgIpc) is 3.10. The van der Waals surface area contributed by atoms with E-state index in [4.69, 9.17) is 5.73 Å². The monoisotopic (exact) mass is 266 g/mol. The molecule has 0 atom stereocenters. The normalized spacial score (nSPS) is 15.4. The van der Waals surface area contributed by atoms with E-state index < -0.39 is 0 Å². The third kappa shape index (κ3) is 5.09. The summed E-state index contributed by atoms with van der Waals surface area (Å²) in [4.78, 5) is 2.69. The van der Waals surface area contributed by atoms with Crippen molar-refractivity contribution in [1.29, 1.82) is 0 Å². The number of thiophene rings is 1. The van der Waals surface area contributed by atoms with Crippen LogP contribution in [0.1, 0.15) is 50.5 Å². The summed E-state index contributed by atoms with van der Waals surface area (Å²) in [6.45, 7) is 3.30. The lowest BCUT2D eigenvalue weighted by atomic mass is 10.1. The lowest BCUT2D eigenvalue weighted by molar-refractivity contribution is 0.248. The van der Waals surface area contributed by atoms with E-state index in [1.54, 1.807) is 0 Å². The van der Waals surface area contributed by atoms with E-state index >= 15 is 0 Å². The van der Waals surface area contributed by atoms with E-state index in [1.807, 2.05) is 11.3 Å². The Morgan fingerprint density at radius 2 is 1.94 bits per heavy atom. The van der Waals surface area contributed by atoms with Crippen LogP contribution in [0.2, 0.25) is 0 Å². The number of hydrogen-bond donors (Lipinski definition) is 1. The molecule has 0 amide bonds. The van der Waals surface area contributed by atoms with Crippen LogP contribution < -0.4 is 5.73 Å². The summed E-state index contributed by atoms with van der Waals surface area (Å²) in [6, 6.07) is 3.15. The lowest BCUT2D eigenvalue weighted by Crippen LogP contribution is -2.26. The second-order valence-electron chi connectivity index (χ2n) is 5.39. The van der Waals surface area contributed by atoms with Gasteiger partial charge < -0.3 is 5.73 Å². The topological polar surface area (TPSA) is 29.3 Å². The van der Waals surface area contributed by atoms with Crippen LogP contribution in [0.5, 0.6) is 0 Å². The Labute approximate surface area is 115 Å². The van der Waals surface area contributed by atoms with Crippen LogP contribution in [0.4, 0.5) is 0 Å². The molecule has 2 rings (SSSR count). The van der Waals surface area contributed by atoms with Crippen LogP contribution in [-0.4, -0.2) is 24.0 Å². The van der Waals surface area contributed by atoms with Gasteiger partial charge in [0.15, 0.2) is 0 Å². The molecule has 0 bridgehead atoms. The van der Waals surface area contributed by atoms with Gasteiger partial charge in [-0.2, -0.15) is 11.3 Å². The first kappa shape index (κ1) is 14.0. The predicted octanol–water partition coefficient (Wildman–Crippen LogP) is 3.62. The van der Waals surface area contributed by atoms with Crippen molar-refractivity contribution in [3.63, 3.8) is 0 Å². The van der Waals surface area contributed by atoms with E-state index in [2.05, 4.69) is 21.7 Å². The predicted molar refractivity (Wildman–Crippen MR) is 79.9 cm³/mol. The average molecular weight is 266 g/mol. The standard InChI is InChI=1S/C15H26N2S/c16-9-4-2-1-3-5-10-17(15-6-7-15)12-14-8-11-18-13-14/h8,11,13,15H,1-7,9-10,12,16H2. The zero-order valence-electron chi connectivity index (χ0n) is 11.3. The van der Waals surface area contributed by atoms with Gasteiger partial charge in [-0.05, 0) is 61.2 Å². The molecule has 0 saturated heterocycles. The van der Waals surface area contributed by atoms with E-state index in [-0.39, 0.29) is 0 Å². The van der Waals surface area contributed by atoms with Crippen LogP contribution in [0.3, 0.4) is 0 Å². The van der Waals surface area contributed by atoms with Crippen molar-refractivity contribution in [2.24, 2.45) is 5.73 Å². The lowest BCUT2D eigenvalue weighted by Gasteiger charge is -2.21. The van der Waals surface area contributed by atoms with Crippen molar-refractivity contribution in [1.82, 2.24) is 4.90 Å². The first-order valence-electron chi connectivity index (χ1n) is 7.35. The minimum Gasteiger partial charge on any atom is -0.330 e. The zero-order valence-corrected chi connectivity index (χ0v) is 12.1. The van der Waals surface area contributed by atoms with Gasteiger partial charge in [-0.25, -0.2) is 0 Å². The summed E-state index contributed by atoms with van der Waals surface area (Å²) in [5.41, 5.74) is 7.00. The molecule has 1 aliphatic rings. The maximum atomic E-state index is 5.51. The van der Waals surface area contributed by atoms with Gasteiger partial charge in [-0.15, -0.1) is 0 Å². The molecular formula is C15H26N2S. The van der Waals surface area contributed by atoms with Gasteiger partial charge in [-0.1, -0.05) is 19.3 Å². The molecule has 0 radical (unpaired) electrons. The summed E-state index contributed by atoms with van der Waals surface area (Å²) in [5, 5.41) is 4.48. The van der Waals surface area contributed by atoms with Gasteiger partial charge >= 0.3 is 0 Å². The molecule has 2 N–H and O–H groups in total. The largest absolute Gasteiger partial charge is 0.330 e. The minimum atomic E-state index is 0.854. The molecule has 2 nitrogen and oxygen atoms in total. The first-order chi connectivity index (χ1) is 8.90. The number of rotatable bonds is 10. The molecular weight excluding hydrogens is 240 g/mol. The summed E-state index contributed by atoms with van der Waals surface area (Å²) >= 11 is 1.81.